The lowest BCUT2D eigenvalue weighted by Gasteiger charge is -2.34. The van der Waals surface area contributed by atoms with Crippen molar-refractivity contribution in [3.63, 3.8) is 0 Å². The Morgan fingerprint density at radius 3 is 2.56 bits per heavy atom. The number of hydrogen-bond donors (Lipinski definition) is 0. The van der Waals surface area contributed by atoms with Gasteiger partial charge in [0.25, 0.3) is 5.56 Å². The number of rotatable bonds is 3. The molecule has 6 rings (SSSR count). The fourth-order valence-electron chi connectivity index (χ4n) is 5.06. The van der Waals surface area contributed by atoms with Crippen LogP contribution < -0.4 is 10.5 Å². The Hall–Kier alpha value is -3.17. The van der Waals surface area contributed by atoms with Crippen molar-refractivity contribution in [2.24, 2.45) is 7.05 Å². The molecule has 0 unspecified atom stereocenters. The smallest absolute Gasteiger partial charge is 0.270 e. The molecule has 160 valence electrons. The summed E-state index contributed by atoms with van der Waals surface area (Å²) >= 11 is 1.79. The second kappa shape index (κ2) is 7.46. The molecule has 1 saturated carbocycles. The van der Waals surface area contributed by atoms with Crippen molar-refractivity contribution >= 4 is 38.1 Å². The van der Waals surface area contributed by atoms with Gasteiger partial charge in [0.2, 0.25) is 0 Å². The molecule has 3 heterocycles. The first-order valence-electron chi connectivity index (χ1n) is 11.3. The SMILES string of the molecule is Cn1c(=O)c(C#N)c(N2CCC(c3nc4ccccc4s3)CC2)c2cc(C3CC3)ccc21. The molecule has 2 aromatic heterocycles. The molecule has 2 aliphatic rings. The number of thiazole rings is 1. The van der Waals surface area contributed by atoms with Crippen LogP contribution in [-0.2, 0) is 7.05 Å². The zero-order chi connectivity index (χ0) is 21.8. The third kappa shape index (κ3) is 3.11. The molecule has 6 heteroatoms. The van der Waals surface area contributed by atoms with E-state index >= 15 is 0 Å². The number of nitriles is 1. The molecule has 5 nitrogen and oxygen atoms in total. The summed E-state index contributed by atoms with van der Waals surface area (Å²) in [5, 5.41) is 12.2. The van der Waals surface area contributed by atoms with E-state index in [1.165, 1.54) is 28.1 Å². The van der Waals surface area contributed by atoms with Crippen LogP contribution in [-0.4, -0.2) is 22.6 Å². The van der Waals surface area contributed by atoms with Crippen molar-refractivity contribution in [2.45, 2.75) is 37.5 Å². The van der Waals surface area contributed by atoms with Crippen LogP contribution >= 0.6 is 11.3 Å². The number of piperidine rings is 1. The minimum atomic E-state index is -0.206. The Morgan fingerprint density at radius 2 is 1.84 bits per heavy atom. The van der Waals surface area contributed by atoms with E-state index in [9.17, 15) is 10.1 Å². The van der Waals surface area contributed by atoms with Crippen LogP contribution in [0, 0.1) is 11.3 Å². The molecule has 0 amide bonds. The van der Waals surface area contributed by atoms with Gasteiger partial charge < -0.3 is 9.47 Å². The second-order valence-electron chi connectivity index (χ2n) is 9.03. The van der Waals surface area contributed by atoms with Crippen molar-refractivity contribution in [1.82, 2.24) is 9.55 Å². The summed E-state index contributed by atoms with van der Waals surface area (Å²) in [5.41, 5.74) is 4.20. The first-order valence-corrected chi connectivity index (χ1v) is 12.1. The zero-order valence-electron chi connectivity index (χ0n) is 18.0. The molecular weight excluding hydrogens is 416 g/mol. The van der Waals surface area contributed by atoms with Gasteiger partial charge in [-0.15, -0.1) is 11.3 Å². The summed E-state index contributed by atoms with van der Waals surface area (Å²) in [7, 11) is 1.77. The summed E-state index contributed by atoms with van der Waals surface area (Å²) in [5.74, 6) is 1.05. The highest BCUT2D eigenvalue weighted by molar-refractivity contribution is 7.18. The second-order valence-corrected chi connectivity index (χ2v) is 10.1. The molecule has 0 atom stereocenters. The molecule has 4 aromatic rings. The molecule has 0 bridgehead atoms. The van der Waals surface area contributed by atoms with Crippen molar-refractivity contribution in [3.05, 3.63) is 69.0 Å². The molecule has 0 N–H and O–H groups in total. The van der Waals surface area contributed by atoms with Gasteiger partial charge in [-0.25, -0.2) is 4.98 Å². The summed E-state index contributed by atoms with van der Waals surface area (Å²) in [6.45, 7) is 1.65. The van der Waals surface area contributed by atoms with Gasteiger partial charge in [-0.05, 0) is 61.4 Å². The van der Waals surface area contributed by atoms with Crippen molar-refractivity contribution in [2.75, 3.05) is 18.0 Å². The molecule has 0 spiro atoms. The van der Waals surface area contributed by atoms with E-state index in [0.717, 1.165) is 48.0 Å². The fraction of sp³-hybridized carbons (Fsp3) is 0.346. The van der Waals surface area contributed by atoms with Crippen LogP contribution in [0.5, 0.6) is 0 Å². The number of pyridine rings is 1. The molecule has 2 aromatic carbocycles. The van der Waals surface area contributed by atoms with Crippen LogP contribution in [0.1, 0.15) is 53.7 Å². The minimum Gasteiger partial charge on any atom is -0.370 e. The summed E-state index contributed by atoms with van der Waals surface area (Å²) in [6, 6.07) is 17.0. The number of aromatic nitrogens is 2. The highest BCUT2D eigenvalue weighted by atomic mass is 32.1. The summed E-state index contributed by atoms with van der Waals surface area (Å²) in [4.78, 5) is 20.1. The van der Waals surface area contributed by atoms with Crippen molar-refractivity contribution in [3.8, 4) is 6.07 Å². The first-order chi connectivity index (χ1) is 15.6. The Morgan fingerprint density at radius 1 is 1.06 bits per heavy atom. The normalized spacial score (nSPS) is 17.2. The topological polar surface area (TPSA) is 61.9 Å². The van der Waals surface area contributed by atoms with Crippen LogP contribution in [0.2, 0.25) is 0 Å². The maximum atomic E-state index is 13.0. The van der Waals surface area contributed by atoms with Crippen LogP contribution in [0.15, 0.2) is 47.3 Å². The number of fused-ring (bicyclic) bond motifs is 2. The minimum absolute atomic E-state index is 0.206. The highest BCUT2D eigenvalue weighted by Gasteiger charge is 2.29. The molecular formula is C26H24N4OS. The lowest BCUT2D eigenvalue weighted by molar-refractivity contribution is 0.504. The molecule has 32 heavy (non-hydrogen) atoms. The maximum Gasteiger partial charge on any atom is 0.270 e. The number of hydrogen-bond acceptors (Lipinski definition) is 5. The number of nitrogens with zero attached hydrogens (tertiary/aromatic N) is 4. The first kappa shape index (κ1) is 19.5. The molecule has 0 radical (unpaired) electrons. The van der Waals surface area contributed by atoms with E-state index in [2.05, 4.69) is 47.4 Å². The molecule has 1 aliphatic carbocycles. The van der Waals surface area contributed by atoms with E-state index in [1.54, 1.807) is 23.0 Å². The summed E-state index contributed by atoms with van der Waals surface area (Å²) < 4.78 is 2.86. The van der Waals surface area contributed by atoms with E-state index in [4.69, 9.17) is 4.98 Å². The highest BCUT2D eigenvalue weighted by Crippen LogP contribution is 2.43. The third-order valence-electron chi connectivity index (χ3n) is 7.02. The monoisotopic (exact) mass is 440 g/mol. The number of aryl methyl sites for hydroxylation is 1. The maximum absolute atomic E-state index is 13.0. The largest absolute Gasteiger partial charge is 0.370 e. The van der Waals surface area contributed by atoms with E-state index in [1.807, 2.05) is 6.07 Å². The average Bonchev–Trinajstić information content (AvgIpc) is 3.59. The average molecular weight is 441 g/mol. The van der Waals surface area contributed by atoms with Crippen LogP contribution in [0.4, 0.5) is 5.69 Å². The Labute approximate surface area is 190 Å². The molecule has 2 fully saturated rings. The predicted molar refractivity (Wildman–Crippen MR) is 130 cm³/mol. The van der Waals surface area contributed by atoms with Gasteiger partial charge in [-0.3, -0.25) is 4.79 Å². The number of benzene rings is 2. The van der Waals surface area contributed by atoms with Crippen molar-refractivity contribution in [1.29, 1.82) is 5.26 Å². The number of para-hydroxylation sites is 1. The lowest BCUT2D eigenvalue weighted by Crippen LogP contribution is -2.35. The van der Waals surface area contributed by atoms with E-state index < -0.39 is 0 Å². The lowest BCUT2D eigenvalue weighted by atomic mass is 9.95. The Kier molecular flexibility index (Phi) is 4.55. The Balaban J connectivity index is 1.38. The van der Waals surface area contributed by atoms with Gasteiger partial charge in [0.05, 0.1) is 26.4 Å². The van der Waals surface area contributed by atoms with Gasteiger partial charge in [-0.2, -0.15) is 5.26 Å². The third-order valence-corrected chi connectivity index (χ3v) is 8.22. The quantitative estimate of drug-likeness (QED) is 0.435. The fourth-order valence-corrected chi connectivity index (χ4v) is 6.20. The van der Waals surface area contributed by atoms with Crippen molar-refractivity contribution < 1.29 is 0 Å². The van der Waals surface area contributed by atoms with E-state index in [0.29, 0.717) is 11.8 Å². The van der Waals surface area contributed by atoms with Crippen LogP contribution in [0.3, 0.4) is 0 Å². The van der Waals surface area contributed by atoms with Gasteiger partial charge in [0, 0.05) is 31.4 Å². The molecule has 1 saturated heterocycles. The predicted octanol–water partition coefficient (Wildman–Crippen LogP) is 5.28. The molecule has 1 aliphatic heterocycles. The number of anilines is 1. The van der Waals surface area contributed by atoms with Gasteiger partial charge in [0.1, 0.15) is 11.6 Å². The summed E-state index contributed by atoms with van der Waals surface area (Å²) in [6.07, 6.45) is 4.41. The van der Waals surface area contributed by atoms with Gasteiger partial charge in [0.15, 0.2) is 0 Å². The van der Waals surface area contributed by atoms with Gasteiger partial charge in [-0.1, -0.05) is 18.2 Å². The van der Waals surface area contributed by atoms with Crippen LogP contribution in [0.25, 0.3) is 21.1 Å². The standard InChI is InChI=1S/C26H24N4OS/c1-29-22-9-8-18(16-6-7-16)14-19(22)24(20(15-27)26(29)31)30-12-10-17(11-13-30)25-28-21-4-2-3-5-23(21)32-25/h2-5,8-9,14,16-17H,6-7,10-13H2,1H3. The Bertz CT molecular complexity index is 1420. The zero-order valence-corrected chi connectivity index (χ0v) is 18.9. The van der Waals surface area contributed by atoms with E-state index in [-0.39, 0.29) is 11.1 Å². The van der Waals surface area contributed by atoms with Gasteiger partial charge >= 0.3 is 0 Å².